The van der Waals surface area contributed by atoms with Crippen molar-refractivity contribution in [3.63, 3.8) is 0 Å². The zero-order valence-electron chi connectivity index (χ0n) is 17.5. The third kappa shape index (κ3) is 7.20. The molecule has 2 aromatic carbocycles. The van der Waals surface area contributed by atoms with E-state index in [0.717, 1.165) is 16.7 Å². The Hall–Kier alpha value is -2.69. The molecule has 0 fully saturated rings. The topological polar surface area (TPSA) is 71.7 Å². The Bertz CT molecular complexity index is 1010. The third-order valence-corrected chi connectivity index (χ3v) is 4.39. The molecule has 1 heterocycles. The molecule has 0 atom stereocenters. The van der Waals surface area contributed by atoms with E-state index in [-0.39, 0.29) is 36.3 Å². The van der Waals surface area contributed by atoms with Crippen LogP contribution in [0.3, 0.4) is 0 Å². The van der Waals surface area contributed by atoms with E-state index in [1.54, 1.807) is 25.4 Å². The molecule has 0 spiro atoms. The summed E-state index contributed by atoms with van der Waals surface area (Å²) in [6, 6.07) is 13.0. The third-order valence-electron chi connectivity index (χ3n) is 4.39. The number of nitrogens with zero attached hydrogens (tertiary/aromatic N) is 2. The Morgan fingerprint density at radius 2 is 1.74 bits per heavy atom. The minimum absolute atomic E-state index is 0. The van der Waals surface area contributed by atoms with Gasteiger partial charge in [0.05, 0.1) is 12.2 Å². The minimum Gasteiger partial charge on any atom is -0.444 e. The molecular formula is C22H25F2IN4O2. The second kappa shape index (κ2) is 11.6. The van der Waals surface area contributed by atoms with Gasteiger partial charge in [0.1, 0.15) is 12.0 Å². The molecule has 1 aromatic heterocycles. The van der Waals surface area contributed by atoms with Gasteiger partial charge in [0.15, 0.2) is 5.96 Å². The van der Waals surface area contributed by atoms with Gasteiger partial charge in [0.25, 0.3) is 0 Å². The van der Waals surface area contributed by atoms with Gasteiger partial charge in [-0.05, 0) is 32.0 Å². The van der Waals surface area contributed by atoms with Crippen LogP contribution < -0.4 is 15.4 Å². The lowest BCUT2D eigenvalue weighted by Gasteiger charge is -2.14. The Kier molecular flexibility index (Phi) is 9.22. The number of aliphatic imine (C=N–C) groups is 1. The number of aromatic nitrogens is 1. The van der Waals surface area contributed by atoms with Gasteiger partial charge in [-0.15, -0.1) is 24.0 Å². The number of oxazole rings is 1. The highest BCUT2D eigenvalue weighted by Crippen LogP contribution is 2.22. The van der Waals surface area contributed by atoms with Crippen LogP contribution in [-0.4, -0.2) is 24.6 Å². The zero-order valence-corrected chi connectivity index (χ0v) is 19.8. The average Bonchev–Trinajstić information content (AvgIpc) is 3.19. The van der Waals surface area contributed by atoms with Crippen molar-refractivity contribution in [1.82, 2.24) is 15.6 Å². The first-order valence-electron chi connectivity index (χ1n) is 9.45. The number of guanidine groups is 1. The number of benzene rings is 2. The van der Waals surface area contributed by atoms with Crippen molar-refractivity contribution in [3.8, 4) is 17.2 Å². The fourth-order valence-electron chi connectivity index (χ4n) is 2.85. The minimum atomic E-state index is -2.88. The van der Waals surface area contributed by atoms with Crippen molar-refractivity contribution in [1.29, 1.82) is 0 Å². The predicted octanol–water partition coefficient (Wildman–Crippen LogP) is 5.04. The number of ether oxygens (including phenoxy) is 1. The summed E-state index contributed by atoms with van der Waals surface area (Å²) >= 11 is 0. The lowest BCUT2D eigenvalue weighted by atomic mass is 10.1. The predicted molar refractivity (Wildman–Crippen MR) is 127 cm³/mol. The van der Waals surface area contributed by atoms with Gasteiger partial charge < -0.3 is 19.8 Å². The molecule has 0 bridgehead atoms. The van der Waals surface area contributed by atoms with Gasteiger partial charge in [-0.1, -0.05) is 35.4 Å². The largest absolute Gasteiger partial charge is 0.444 e. The lowest BCUT2D eigenvalue weighted by Crippen LogP contribution is -2.36. The van der Waals surface area contributed by atoms with Crippen molar-refractivity contribution in [2.45, 2.75) is 33.5 Å². The van der Waals surface area contributed by atoms with Crippen LogP contribution >= 0.6 is 24.0 Å². The normalized spacial score (nSPS) is 11.2. The van der Waals surface area contributed by atoms with Crippen LogP contribution in [0.15, 0.2) is 58.1 Å². The van der Waals surface area contributed by atoms with Gasteiger partial charge in [-0.2, -0.15) is 8.78 Å². The van der Waals surface area contributed by atoms with Crippen LogP contribution in [0.5, 0.6) is 5.75 Å². The molecule has 3 aromatic rings. The lowest BCUT2D eigenvalue weighted by molar-refractivity contribution is -0.0504. The Morgan fingerprint density at radius 3 is 2.42 bits per heavy atom. The molecule has 3 rings (SSSR count). The molecule has 0 saturated heterocycles. The molecule has 0 radical (unpaired) electrons. The number of hydrogen-bond acceptors (Lipinski definition) is 4. The quantitative estimate of drug-likeness (QED) is 0.249. The number of nitrogens with one attached hydrogen (secondary N) is 2. The van der Waals surface area contributed by atoms with Gasteiger partial charge in [-0.3, -0.25) is 4.99 Å². The van der Waals surface area contributed by atoms with Gasteiger partial charge >= 0.3 is 6.61 Å². The first kappa shape index (κ1) is 24.6. The summed E-state index contributed by atoms with van der Waals surface area (Å²) in [5, 5.41) is 6.23. The van der Waals surface area contributed by atoms with Crippen molar-refractivity contribution in [2.24, 2.45) is 4.99 Å². The molecule has 31 heavy (non-hydrogen) atoms. The smallest absolute Gasteiger partial charge is 0.387 e. The van der Waals surface area contributed by atoms with Crippen LogP contribution in [0.25, 0.3) is 11.5 Å². The SMILES string of the molecule is CN=C(NCc1coc(-c2ccc(C)cc2)n1)NCc1cc(C)ccc1OC(F)F.I. The summed E-state index contributed by atoms with van der Waals surface area (Å²) in [4.78, 5) is 8.63. The van der Waals surface area contributed by atoms with Crippen LogP contribution in [0.4, 0.5) is 8.78 Å². The van der Waals surface area contributed by atoms with E-state index in [2.05, 4.69) is 25.3 Å². The van der Waals surface area contributed by atoms with Crippen molar-refractivity contribution in [2.75, 3.05) is 7.05 Å². The number of hydrogen-bond donors (Lipinski definition) is 2. The second-order valence-electron chi connectivity index (χ2n) is 6.78. The molecule has 0 unspecified atom stereocenters. The van der Waals surface area contributed by atoms with Crippen LogP contribution in [0, 0.1) is 13.8 Å². The Balaban J connectivity index is 0.00000341. The highest BCUT2D eigenvalue weighted by molar-refractivity contribution is 14.0. The van der Waals surface area contributed by atoms with E-state index in [1.165, 1.54) is 6.07 Å². The summed E-state index contributed by atoms with van der Waals surface area (Å²) in [6.07, 6.45) is 1.59. The van der Waals surface area contributed by atoms with Crippen molar-refractivity contribution >= 4 is 29.9 Å². The highest BCUT2D eigenvalue weighted by atomic mass is 127. The summed E-state index contributed by atoms with van der Waals surface area (Å²) in [6.45, 7) is 1.70. The molecule has 6 nitrogen and oxygen atoms in total. The standard InChI is InChI=1S/C22H24F2N4O2.HI/c1-14-4-7-16(8-5-14)20-28-18(13-29-20)12-27-22(25-3)26-11-17-10-15(2)6-9-19(17)30-21(23)24;/h4-10,13,21H,11-12H2,1-3H3,(H2,25,26,27);1H. The first-order chi connectivity index (χ1) is 14.4. The highest BCUT2D eigenvalue weighted by Gasteiger charge is 2.11. The van der Waals surface area contributed by atoms with E-state index in [9.17, 15) is 8.78 Å². The maximum Gasteiger partial charge on any atom is 0.387 e. The zero-order chi connectivity index (χ0) is 21.5. The number of rotatable bonds is 7. The molecule has 2 N–H and O–H groups in total. The van der Waals surface area contributed by atoms with E-state index < -0.39 is 6.61 Å². The fraction of sp³-hybridized carbons (Fsp3) is 0.273. The number of aryl methyl sites for hydroxylation is 2. The first-order valence-corrected chi connectivity index (χ1v) is 9.45. The molecule has 0 amide bonds. The van der Waals surface area contributed by atoms with Crippen molar-refractivity contribution < 1.29 is 17.9 Å². The second-order valence-corrected chi connectivity index (χ2v) is 6.78. The Labute approximate surface area is 197 Å². The summed E-state index contributed by atoms with van der Waals surface area (Å²) in [5.41, 5.74) is 4.34. The van der Waals surface area contributed by atoms with E-state index in [0.29, 0.717) is 29.7 Å². The average molecular weight is 542 g/mol. The van der Waals surface area contributed by atoms with Gasteiger partial charge in [0.2, 0.25) is 5.89 Å². The maximum absolute atomic E-state index is 12.6. The van der Waals surface area contributed by atoms with E-state index >= 15 is 0 Å². The monoisotopic (exact) mass is 542 g/mol. The fourth-order valence-corrected chi connectivity index (χ4v) is 2.85. The van der Waals surface area contributed by atoms with Crippen LogP contribution in [0.1, 0.15) is 22.4 Å². The Morgan fingerprint density at radius 1 is 1.06 bits per heavy atom. The molecule has 0 aliphatic heterocycles. The molecule has 0 aliphatic rings. The maximum atomic E-state index is 12.6. The van der Waals surface area contributed by atoms with Gasteiger partial charge in [0, 0.05) is 24.7 Å². The molecule has 0 saturated carbocycles. The number of alkyl halides is 2. The summed E-state index contributed by atoms with van der Waals surface area (Å²) < 4.78 is 35.4. The number of halogens is 3. The molecule has 9 heteroatoms. The molecule has 0 aliphatic carbocycles. The molecule has 166 valence electrons. The summed E-state index contributed by atoms with van der Waals surface area (Å²) in [7, 11) is 1.63. The summed E-state index contributed by atoms with van der Waals surface area (Å²) in [5.74, 6) is 1.18. The van der Waals surface area contributed by atoms with Crippen molar-refractivity contribution in [3.05, 3.63) is 71.1 Å². The molecular weight excluding hydrogens is 517 g/mol. The van der Waals surface area contributed by atoms with Crippen LogP contribution in [0.2, 0.25) is 0 Å². The van der Waals surface area contributed by atoms with Gasteiger partial charge in [-0.25, -0.2) is 4.98 Å². The van der Waals surface area contributed by atoms with E-state index in [4.69, 9.17) is 4.42 Å². The van der Waals surface area contributed by atoms with E-state index in [1.807, 2.05) is 38.1 Å². The van der Waals surface area contributed by atoms with Crippen LogP contribution in [-0.2, 0) is 13.1 Å².